The Morgan fingerprint density at radius 1 is 1.41 bits per heavy atom. The lowest BCUT2D eigenvalue weighted by molar-refractivity contribution is -0.145. The average molecular weight is 238 g/mol. The molecule has 17 heavy (non-hydrogen) atoms. The highest BCUT2D eigenvalue weighted by atomic mass is 19.1. The topological polar surface area (TPSA) is 35.5 Å². The van der Waals surface area contributed by atoms with E-state index in [1.807, 2.05) is 0 Å². The van der Waals surface area contributed by atoms with Crippen molar-refractivity contribution in [2.24, 2.45) is 5.92 Å². The molecule has 0 saturated carbocycles. The van der Waals surface area contributed by atoms with Crippen LogP contribution in [0.15, 0.2) is 12.1 Å². The maximum atomic E-state index is 13.5. The number of hydrogen-bond donors (Lipinski definition) is 0. The van der Waals surface area contributed by atoms with Crippen LogP contribution < -0.4 is 4.74 Å². The molecule has 1 atom stereocenters. The first-order valence-corrected chi connectivity index (χ1v) is 5.59. The van der Waals surface area contributed by atoms with Crippen LogP contribution in [0.4, 0.5) is 4.39 Å². The van der Waals surface area contributed by atoms with Gasteiger partial charge >= 0.3 is 5.97 Å². The number of benzene rings is 1. The molecule has 0 aromatic heterocycles. The number of esters is 1. The number of hydrogen-bond acceptors (Lipinski definition) is 3. The van der Waals surface area contributed by atoms with Crippen molar-refractivity contribution in [2.45, 2.75) is 19.3 Å². The van der Waals surface area contributed by atoms with Gasteiger partial charge in [0.2, 0.25) is 0 Å². The normalized spacial score (nSPS) is 18.4. The van der Waals surface area contributed by atoms with Gasteiger partial charge in [0.25, 0.3) is 0 Å². The Morgan fingerprint density at radius 3 is 2.82 bits per heavy atom. The van der Waals surface area contributed by atoms with Gasteiger partial charge in [-0.25, -0.2) is 4.39 Å². The van der Waals surface area contributed by atoms with E-state index in [0.717, 1.165) is 24.0 Å². The summed E-state index contributed by atoms with van der Waals surface area (Å²) in [7, 11) is 2.82. The van der Waals surface area contributed by atoms with Crippen molar-refractivity contribution in [3.8, 4) is 5.75 Å². The van der Waals surface area contributed by atoms with Gasteiger partial charge in [0.05, 0.1) is 20.1 Å². The monoisotopic (exact) mass is 238 g/mol. The van der Waals surface area contributed by atoms with Crippen molar-refractivity contribution in [2.75, 3.05) is 14.2 Å². The quantitative estimate of drug-likeness (QED) is 0.740. The molecule has 0 radical (unpaired) electrons. The number of carbonyl (C=O) groups excluding carboxylic acids is 1. The first-order valence-electron chi connectivity index (χ1n) is 5.59. The molecule has 0 N–H and O–H groups in total. The minimum Gasteiger partial charge on any atom is -0.493 e. The van der Waals surface area contributed by atoms with Crippen molar-refractivity contribution in [1.82, 2.24) is 0 Å². The Morgan fingerprint density at radius 2 is 2.18 bits per heavy atom. The van der Waals surface area contributed by atoms with Gasteiger partial charge in [-0.3, -0.25) is 4.79 Å². The third kappa shape index (κ3) is 2.12. The number of halogens is 1. The second kappa shape index (κ2) is 4.73. The van der Waals surface area contributed by atoms with E-state index in [2.05, 4.69) is 0 Å². The Labute approximate surface area is 99.5 Å². The third-order valence-corrected chi connectivity index (χ3v) is 3.26. The molecule has 0 amide bonds. The lowest BCUT2D eigenvalue weighted by atomic mass is 9.83. The second-order valence-corrected chi connectivity index (χ2v) is 4.18. The number of carbonyl (C=O) groups is 1. The molecule has 4 heteroatoms. The maximum absolute atomic E-state index is 13.5. The van der Waals surface area contributed by atoms with Gasteiger partial charge in [0.15, 0.2) is 11.6 Å². The molecule has 3 nitrogen and oxygen atoms in total. The molecule has 0 spiro atoms. The minimum atomic E-state index is -0.378. The molecule has 0 aliphatic heterocycles. The first-order chi connectivity index (χ1) is 8.17. The first kappa shape index (κ1) is 11.9. The second-order valence-electron chi connectivity index (χ2n) is 4.18. The molecular formula is C13H15FO3. The number of aryl methyl sites for hydroxylation is 1. The van der Waals surface area contributed by atoms with Gasteiger partial charge in [-0.1, -0.05) is 6.07 Å². The highest BCUT2D eigenvalue weighted by Gasteiger charge is 2.28. The van der Waals surface area contributed by atoms with E-state index >= 15 is 0 Å². The van der Waals surface area contributed by atoms with Crippen LogP contribution in [0.25, 0.3) is 0 Å². The van der Waals surface area contributed by atoms with E-state index in [9.17, 15) is 9.18 Å². The van der Waals surface area contributed by atoms with Gasteiger partial charge in [0, 0.05) is 5.56 Å². The average Bonchev–Trinajstić information content (AvgIpc) is 2.37. The van der Waals surface area contributed by atoms with Crippen molar-refractivity contribution >= 4 is 5.97 Å². The Kier molecular flexibility index (Phi) is 3.31. The van der Waals surface area contributed by atoms with Crippen LogP contribution in [0.3, 0.4) is 0 Å². The molecule has 0 fully saturated rings. The van der Waals surface area contributed by atoms with Crippen LogP contribution >= 0.6 is 0 Å². The van der Waals surface area contributed by atoms with Gasteiger partial charge in [-0.15, -0.1) is 0 Å². The molecule has 1 aromatic rings. The molecule has 2 rings (SSSR count). The van der Waals surface area contributed by atoms with Gasteiger partial charge in [-0.05, 0) is 30.9 Å². The summed E-state index contributed by atoms with van der Waals surface area (Å²) < 4.78 is 23.4. The van der Waals surface area contributed by atoms with Crippen LogP contribution in [0.1, 0.15) is 17.5 Å². The summed E-state index contributed by atoms with van der Waals surface area (Å²) in [5.74, 6) is -0.543. The molecule has 1 unspecified atom stereocenters. The molecule has 0 heterocycles. The Bertz CT molecular complexity index is 443. The van der Waals surface area contributed by atoms with E-state index in [1.54, 1.807) is 6.07 Å². The summed E-state index contributed by atoms with van der Waals surface area (Å²) in [6, 6.07) is 3.18. The third-order valence-electron chi connectivity index (χ3n) is 3.26. The molecular weight excluding hydrogens is 223 g/mol. The van der Waals surface area contributed by atoms with E-state index in [1.165, 1.54) is 20.3 Å². The molecule has 1 aliphatic rings. The number of rotatable bonds is 2. The van der Waals surface area contributed by atoms with Crippen LogP contribution in [-0.4, -0.2) is 20.2 Å². The van der Waals surface area contributed by atoms with E-state index < -0.39 is 0 Å². The van der Waals surface area contributed by atoms with E-state index in [-0.39, 0.29) is 23.5 Å². The van der Waals surface area contributed by atoms with Gasteiger partial charge in [0.1, 0.15) is 0 Å². The molecule has 0 saturated heterocycles. The summed E-state index contributed by atoms with van der Waals surface area (Å²) in [4.78, 5) is 11.5. The summed E-state index contributed by atoms with van der Waals surface area (Å²) in [6.07, 6.45) is 1.99. The zero-order valence-corrected chi connectivity index (χ0v) is 9.96. The smallest absolute Gasteiger partial charge is 0.309 e. The van der Waals surface area contributed by atoms with Crippen molar-refractivity contribution in [1.29, 1.82) is 0 Å². The largest absolute Gasteiger partial charge is 0.493 e. The fraction of sp³-hybridized carbons (Fsp3) is 0.462. The molecule has 0 bridgehead atoms. The highest BCUT2D eigenvalue weighted by Crippen LogP contribution is 2.34. The molecule has 92 valence electrons. The fourth-order valence-corrected chi connectivity index (χ4v) is 2.36. The predicted molar refractivity (Wildman–Crippen MR) is 60.5 cm³/mol. The lowest BCUT2D eigenvalue weighted by Gasteiger charge is -2.24. The van der Waals surface area contributed by atoms with Crippen LogP contribution in [0.5, 0.6) is 5.75 Å². The zero-order chi connectivity index (χ0) is 12.4. The highest BCUT2D eigenvalue weighted by molar-refractivity contribution is 5.73. The van der Waals surface area contributed by atoms with Crippen LogP contribution in [0, 0.1) is 11.7 Å². The predicted octanol–water partition coefficient (Wildman–Crippen LogP) is 2.11. The molecule has 1 aromatic carbocycles. The summed E-state index contributed by atoms with van der Waals surface area (Å²) in [5.41, 5.74) is 1.86. The maximum Gasteiger partial charge on any atom is 0.309 e. The Balaban J connectivity index is 2.35. The van der Waals surface area contributed by atoms with Crippen molar-refractivity contribution in [3.63, 3.8) is 0 Å². The lowest BCUT2D eigenvalue weighted by Crippen LogP contribution is -2.24. The van der Waals surface area contributed by atoms with Crippen LogP contribution in [0.2, 0.25) is 0 Å². The van der Waals surface area contributed by atoms with Gasteiger partial charge < -0.3 is 9.47 Å². The summed E-state index contributed by atoms with van der Waals surface area (Å²) in [6.45, 7) is 0. The summed E-state index contributed by atoms with van der Waals surface area (Å²) in [5, 5.41) is 0. The summed E-state index contributed by atoms with van der Waals surface area (Å²) >= 11 is 0. The van der Waals surface area contributed by atoms with Crippen molar-refractivity contribution < 1.29 is 18.7 Å². The Hall–Kier alpha value is -1.58. The van der Waals surface area contributed by atoms with E-state index in [0.29, 0.717) is 6.42 Å². The van der Waals surface area contributed by atoms with Crippen molar-refractivity contribution in [3.05, 3.63) is 29.1 Å². The number of ether oxygens (including phenoxy) is 2. The molecule has 1 aliphatic carbocycles. The minimum absolute atomic E-state index is 0.191. The SMILES string of the molecule is COC(=O)C1CCc2ccc(F)c(OC)c2C1. The van der Waals surface area contributed by atoms with E-state index in [4.69, 9.17) is 9.47 Å². The zero-order valence-electron chi connectivity index (χ0n) is 9.96. The number of methoxy groups -OCH3 is 2. The van der Waals surface area contributed by atoms with Crippen LogP contribution in [-0.2, 0) is 22.4 Å². The number of fused-ring (bicyclic) bond motifs is 1. The standard InChI is InChI=1S/C13H15FO3/c1-16-12-10-7-9(13(15)17-2)4-3-8(10)5-6-11(12)14/h5-6,9H,3-4,7H2,1-2H3. The fourth-order valence-electron chi connectivity index (χ4n) is 2.36. The van der Waals surface area contributed by atoms with Gasteiger partial charge in [-0.2, -0.15) is 0 Å².